The normalized spacial score (nSPS) is 21.7. The zero-order valence-corrected chi connectivity index (χ0v) is 22.4. The number of nitrogens with one attached hydrogen (secondary N) is 2. The minimum atomic E-state index is -1.15. The zero-order valence-electron chi connectivity index (χ0n) is 20.9. The lowest BCUT2D eigenvalue weighted by Crippen LogP contribution is -2.71. The number of carbonyl (C=O) groups excluding carboxylic acids is 4. The van der Waals surface area contributed by atoms with Crippen molar-refractivity contribution in [2.45, 2.75) is 48.7 Å². The molecule has 2 aromatic carbocycles. The molecule has 0 aliphatic carbocycles. The second-order valence-electron chi connectivity index (χ2n) is 9.31. The molecule has 2 aromatic rings. The van der Waals surface area contributed by atoms with Gasteiger partial charge in [-0.25, -0.2) is 9.59 Å². The third-order valence-corrected chi connectivity index (χ3v) is 8.01. The molecule has 39 heavy (non-hydrogen) atoms. The predicted octanol–water partition coefficient (Wildman–Crippen LogP) is 2.85. The Morgan fingerprint density at radius 3 is 2.41 bits per heavy atom. The molecule has 12 nitrogen and oxygen atoms in total. The Morgan fingerprint density at radius 2 is 1.79 bits per heavy atom. The number of hydrogen-bond acceptors (Lipinski definition) is 9. The number of carbonyl (C=O) groups is 4. The molecule has 0 bridgehead atoms. The van der Waals surface area contributed by atoms with Gasteiger partial charge in [-0.3, -0.25) is 19.7 Å². The van der Waals surface area contributed by atoms with E-state index in [2.05, 4.69) is 10.6 Å². The molecule has 0 radical (unpaired) electrons. The van der Waals surface area contributed by atoms with Crippen LogP contribution in [0.4, 0.5) is 10.5 Å². The lowest BCUT2D eigenvalue weighted by atomic mass is 9.95. The smallest absolute Gasteiger partial charge is 0.409 e. The number of benzene rings is 2. The van der Waals surface area contributed by atoms with E-state index in [0.29, 0.717) is 11.1 Å². The third kappa shape index (κ3) is 5.93. The first-order chi connectivity index (χ1) is 18.5. The van der Waals surface area contributed by atoms with Gasteiger partial charge in [0.15, 0.2) is 6.07 Å². The molecule has 1 unspecified atom stereocenters. The molecule has 0 saturated carbocycles. The minimum Gasteiger partial charge on any atom is -0.459 e. The average Bonchev–Trinajstić information content (AvgIpc) is 3.17. The van der Waals surface area contributed by atoms with E-state index >= 15 is 0 Å². The maximum Gasteiger partial charge on any atom is 0.409 e. The summed E-state index contributed by atoms with van der Waals surface area (Å²) in [7, 11) is 0. The van der Waals surface area contributed by atoms with E-state index in [4.69, 9.17) is 21.1 Å². The SMILES string of the molecule is CC1(C)S[C@@H]2[C@H](NC(=O)C(NC(=O)OCCl)c3ccccc3)C(=O)N2[C@H]1C(=O)OCc1ccc([N+](=O)[O-])cc1. The first kappa shape index (κ1) is 28.2. The minimum absolute atomic E-state index is 0.0823. The average molecular weight is 577 g/mol. The standard InChI is InChI=1S/C25H25ClN4O8S/c1-25(2)19(23(33)37-12-14-8-10-16(11-9-14)30(35)36)29-21(32)18(22(29)39-25)27-20(31)17(28-24(34)38-13-26)15-6-4-3-5-7-15/h3-11,17-19,22H,12-13H2,1-2H3,(H,27,31)(H,28,34)/t17?,18-,19+,22-/m1/s1. The van der Waals surface area contributed by atoms with Crippen molar-refractivity contribution >= 4 is 52.9 Å². The van der Waals surface area contributed by atoms with Gasteiger partial charge in [-0.2, -0.15) is 0 Å². The highest BCUT2D eigenvalue weighted by Gasteiger charge is 2.64. The number of halogens is 1. The molecular weight excluding hydrogens is 552 g/mol. The number of nitrogens with zero attached hydrogens (tertiary/aromatic N) is 2. The molecule has 2 aliphatic rings. The topological polar surface area (TPSA) is 157 Å². The molecule has 0 aromatic heterocycles. The summed E-state index contributed by atoms with van der Waals surface area (Å²) >= 11 is 6.79. The van der Waals surface area contributed by atoms with E-state index < -0.39 is 63.1 Å². The van der Waals surface area contributed by atoms with E-state index in [1.807, 2.05) is 0 Å². The molecular formula is C25H25ClN4O8S. The maximum atomic E-state index is 13.2. The Morgan fingerprint density at radius 1 is 1.13 bits per heavy atom. The number of nitro benzene ring substituents is 1. The summed E-state index contributed by atoms with van der Waals surface area (Å²) in [6.07, 6.45) is -0.900. The van der Waals surface area contributed by atoms with Gasteiger partial charge in [-0.05, 0) is 37.1 Å². The van der Waals surface area contributed by atoms with E-state index in [9.17, 15) is 29.3 Å². The van der Waals surface area contributed by atoms with Crippen molar-refractivity contribution in [3.05, 3.63) is 75.8 Å². The number of nitro groups is 1. The number of ether oxygens (including phenoxy) is 2. The van der Waals surface area contributed by atoms with Gasteiger partial charge in [0, 0.05) is 16.9 Å². The number of β-lactam (4-membered cyclic amide) rings is 1. The van der Waals surface area contributed by atoms with Crippen LogP contribution in [-0.2, 0) is 30.5 Å². The molecule has 4 atom stereocenters. The van der Waals surface area contributed by atoms with Crippen molar-refractivity contribution < 1.29 is 33.6 Å². The summed E-state index contributed by atoms with van der Waals surface area (Å²) in [5.41, 5.74) is 0.944. The molecule has 3 amide bonds. The molecule has 2 saturated heterocycles. The number of thioether (sulfide) groups is 1. The predicted molar refractivity (Wildman–Crippen MR) is 140 cm³/mol. The van der Waals surface area contributed by atoms with Crippen molar-refractivity contribution in [2.24, 2.45) is 0 Å². The van der Waals surface area contributed by atoms with Crippen LogP contribution in [0.15, 0.2) is 54.6 Å². The molecule has 2 aliphatic heterocycles. The van der Waals surface area contributed by atoms with Gasteiger partial charge in [0.2, 0.25) is 11.8 Å². The van der Waals surface area contributed by atoms with Gasteiger partial charge in [0.05, 0.1) is 4.92 Å². The Hall–Kier alpha value is -3.84. The summed E-state index contributed by atoms with van der Waals surface area (Å²) in [5, 5.41) is 15.4. The fraction of sp³-hybridized carbons (Fsp3) is 0.360. The number of rotatable bonds is 9. The van der Waals surface area contributed by atoms with Gasteiger partial charge in [0.1, 0.15) is 30.1 Å². The van der Waals surface area contributed by atoms with Crippen LogP contribution in [0, 0.1) is 10.1 Å². The summed E-state index contributed by atoms with van der Waals surface area (Å²) < 4.78 is 9.42. The van der Waals surface area contributed by atoms with Crippen LogP contribution in [0.5, 0.6) is 0 Å². The summed E-state index contributed by atoms with van der Waals surface area (Å²) in [4.78, 5) is 63.1. The molecule has 206 valence electrons. The number of alkyl halides is 1. The lowest BCUT2D eigenvalue weighted by molar-refractivity contribution is -0.384. The van der Waals surface area contributed by atoms with Crippen LogP contribution in [0.1, 0.15) is 31.0 Å². The van der Waals surface area contributed by atoms with Gasteiger partial charge in [0.25, 0.3) is 5.69 Å². The Labute approximate surface area is 232 Å². The number of alkyl carbamates (subject to hydrolysis) is 1. The van der Waals surface area contributed by atoms with Crippen LogP contribution in [-0.4, -0.2) is 62.0 Å². The van der Waals surface area contributed by atoms with Gasteiger partial charge < -0.3 is 25.0 Å². The second-order valence-corrected chi connectivity index (χ2v) is 11.3. The summed E-state index contributed by atoms with van der Waals surface area (Å²) in [6.45, 7) is 3.48. The van der Waals surface area contributed by atoms with Gasteiger partial charge in [-0.15, -0.1) is 11.8 Å². The van der Waals surface area contributed by atoms with Crippen LogP contribution < -0.4 is 10.6 Å². The Bertz CT molecular complexity index is 1280. The van der Waals surface area contributed by atoms with Crippen molar-refractivity contribution in [3.8, 4) is 0 Å². The van der Waals surface area contributed by atoms with Crippen LogP contribution in [0.25, 0.3) is 0 Å². The van der Waals surface area contributed by atoms with Crippen LogP contribution in [0.3, 0.4) is 0 Å². The lowest BCUT2D eigenvalue weighted by Gasteiger charge is -2.44. The quantitative estimate of drug-likeness (QED) is 0.150. The maximum absolute atomic E-state index is 13.2. The first-order valence-electron chi connectivity index (χ1n) is 11.8. The molecule has 14 heteroatoms. The fourth-order valence-corrected chi connectivity index (χ4v) is 6.19. The van der Waals surface area contributed by atoms with E-state index in [-0.39, 0.29) is 12.3 Å². The van der Waals surface area contributed by atoms with E-state index in [0.717, 1.165) is 0 Å². The van der Waals surface area contributed by atoms with Crippen molar-refractivity contribution in [1.29, 1.82) is 0 Å². The highest BCUT2D eigenvalue weighted by atomic mass is 35.5. The summed E-state index contributed by atoms with van der Waals surface area (Å²) in [5.74, 6) is -1.72. The zero-order chi connectivity index (χ0) is 28.3. The molecule has 2 heterocycles. The van der Waals surface area contributed by atoms with Gasteiger partial charge >= 0.3 is 12.1 Å². The Balaban J connectivity index is 1.42. The highest BCUT2D eigenvalue weighted by Crippen LogP contribution is 2.51. The van der Waals surface area contributed by atoms with E-state index in [1.54, 1.807) is 44.2 Å². The number of amides is 3. The summed E-state index contributed by atoms with van der Waals surface area (Å²) in [6, 6.07) is 10.7. The monoisotopic (exact) mass is 576 g/mol. The van der Waals surface area contributed by atoms with Crippen molar-refractivity contribution in [3.63, 3.8) is 0 Å². The molecule has 0 spiro atoms. The van der Waals surface area contributed by atoms with Crippen molar-refractivity contribution in [2.75, 3.05) is 6.07 Å². The largest absolute Gasteiger partial charge is 0.459 e. The number of fused-ring (bicyclic) bond motifs is 1. The second kappa shape index (κ2) is 11.5. The number of non-ortho nitro benzene ring substituents is 1. The molecule has 2 N–H and O–H groups in total. The Kier molecular flexibility index (Phi) is 8.31. The fourth-order valence-electron chi connectivity index (χ4n) is 4.47. The molecule has 2 fully saturated rings. The van der Waals surface area contributed by atoms with E-state index in [1.165, 1.54) is 40.9 Å². The van der Waals surface area contributed by atoms with Gasteiger partial charge in [-0.1, -0.05) is 41.9 Å². The molecule has 4 rings (SSSR count). The highest BCUT2D eigenvalue weighted by molar-refractivity contribution is 8.01. The number of hydrogen-bond donors (Lipinski definition) is 2. The van der Waals surface area contributed by atoms with Crippen LogP contribution in [0.2, 0.25) is 0 Å². The van der Waals surface area contributed by atoms with Crippen LogP contribution >= 0.6 is 23.4 Å². The third-order valence-electron chi connectivity index (χ3n) is 6.33. The number of esters is 1. The van der Waals surface area contributed by atoms with Crippen molar-refractivity contribution in [1.82, 2.24) is 15.5 Å². The first-order valence-corrected chi connectivity index (χ1v) is 13.2.